The Bertz CT molecular complexity index is 1040. The van der Waals surface area contributed by atoms with Gasteiger partial charge >= 0.3 is 6.18 Å². The largest absolute Gasteiger partial charge is 0.416 e. The minimum atomic E-state index is -4.43. The number of aryl methyl sites for hydroxylation is 1. The molecular formula is C24H29F3N4O2S. The number of rotatable bonds is 7. The normalized spacial score (nSPS) is 23.9. The number of likely N-dealkylation sites (tertiary alicyclic amines) is 1. The van der Waals surface area contributed by atoms with E-state index in [2.05, 4.69) is 27.1 Å². The molecule has 10 heteroatoms. The van der Waals surface area contributed by atoms with Crippen LogP contribution in [0.1, 0.15) is 46.7 Å². The van der Waals surface area contributed by atoms with Crippen molar-refractivity contribution in [1.82, 2.24) is 20.5 Å². The zero-order valence-electron chi connectivity index (χ0n) is 19.0. The Kier molecular flexibility index (Phi) is 7.02. The Morgan fingerprint density at radius 3 is 2.65 bits per heavy atom. The summed E-state index contributed by atoms with van der Waals surface area (Å²) in [6, 6.07) is 5.28. The quantitative estimate of drug-likeness (QED) is 0.548. The predicted octanol–water partition coefficient (Wildman–Crippen LogP) is 3.66. The Morgan fingerprint density at radius 1 is 1.32 bits per heavy atom. The van der Waals surface area contributed by atoms with E-state index in [1.54, 1.807) is 17.5 Å². The van der Waals surface area contributed by atoms with Crippen LogP contribution in [0.2, 0.25) is 0 Å². The topological polar surface area (TPSA) is 77.5 Å². The van der Waals surface area contributed by atoms with Crippen LogP contribution in [0.3, 0.4) is 0 Å². The Balaban J connectivity index is 1.17. The van der Waals surface area contributed by atoms with Gasteiger partial charge in [-0.15, -0.1) is 11.3 Å². The molecule has 34 heavy (non-hydrogen) atoms. The molecule has 4 rings (SSSR count). The summed E-state index contributed by atoms with van der Waals surface area (Å²) in [7, 11) is 0. The number of aromatic nitrogens is 1. The minimum Gasteiger partial charge on any atom is -0.384 e. The van der Waals surface area contributed by atoms with E-state index in [9.17, 15) is 23.1 Å². The molecule has 0 bridgehead atoms. The Hall–Kier alpha value is -2.43. The van der Waals surface area contributed by atoms with Gasteiger partial charge in [-0.3, -0.25) is 9.69 Å². The zero-order chi connectivity index (χ0) is 24.5. The standard InChI is InChI=1S/C24H29F3N4O2S/c1-15(17-4-3-5-18(10-17)24(25,26)27)28-12-22(32)30-19-13-31(14-19)20-6-8-23(33,9-7-20)21-11-29-16(2)34-21/h3-5,10-11,19-20,28,33H,1,6-9,12-14H2,2H3,(H,30,32). The van der Waals surface area contributed by atoms with E-state index in [-0.39, 0.29) is 24.2 Å². The van der Waals surface area contributed by atoms with Crippen molar-refractivity contribution in [3.05, 3.63) is 58.1 Å². The van der Waals surface area contributed by atoms with Gasteiger partial charge in [0.1, 0.15) is 5.60 Å². The minimum absolute atomic E-state index is 0.0427. The zero-order valence-corrected chi connectivity index (χ0v) is 19.8. The highest BCUT2D eigenvalue weighted by molar-refractivity contribution is 7.11. The van der Waals surface area contributed by atoms with Gasteiger partial charge in [0.05, 0.1) is 28.0 Å². The molecule has 2 aromatic rings. The van der Waals surface area contributed by atoms with Crippen LogP contribution in [0.25, 0.3) is 5.70 Å². The molecular weight excluding hydrogens is 465 g/mol. The highest BCUT2D eigenvalue weighted by atomic mass is 32.1. The van der Waals surface area contributed by atoms with Gasteiger partial charge in [-0.25, -0.2) is 4.98 Å². The number of aliphatic hydroxyl groups is 1. The SMILES string of the molecule is C=C(NCC(=O)NC1CN(C2CCC(O)(c3cnc(C)s3)CC2)C1)c1cccc(C(F)(F)F)c1. The number of alkyl halides is 3. The fraction of sp³-hybridized carbons (Fsp3) is 0.500. The summed E-state index contributed by atoms with van der Waals surface area (Å²) < 4.78 is 38.7. The third kappa shape index (κ3) is 5.61. The van der Waals surface area contributed by atoms with Crippen molar-refractivity contribution < 1.29 is 23.1 Å². The number of thiazole rings is 1. The molecule has 1 saturated carbocycles. The first kappa shape index (κ1) is 24.7. The molecule has 6 nitrogen and oxygen atoms in total. The van der Waals surface area contributed by atoms with Gasteiger partial charge < -0.3 is 15.7 Å². The second-order valence-corrected chi connectivity index (χ2v) is 10.4. The maximum Gasteiger partial charge on any atom is 0.416 e. The lowest BCUT2D eigenvalue weighted by molar-refractivity contribution is -0.137. The van der Waals surface area contributed by atoms with E-state index in [0.717, 1.165) is 47.9 Å². The van der Waals surface area contributed by atoms with E-state index in [4.69, 9.17) is 0 Å². The van der Waals surface area contributed by atoms with Gasteiger partial charge in [0.25, 0.3) is 0 Å². The first-order valence-electron chi connectivity index (χ1n) is 11.3. The highest BCUT2D eigenvalue weighted by Gasteiger charge is 2.41. The number of nitrogens with one attached hydrogen (secondary N) is 2. The average molecular weight is 495 g/mol. The maximum atomic E-state index is 12.9. The molecule has 184 valence electrons. The molecule has 3 N–H and O–H groups in total. The number of hydrogen-bond acceptors (Lipinski definition) is 6. The first-order chi connectivity index (χ1) is 16.0. The van der Waals surface area contributed by atoms with E-state index >= 15 is 0 Å². The van der Waals surface area contributed by atoms with Crippen molar-refractivity contribution in [2.75, 3.05) is 19.6 Å². The molecule has 0 spiro atoms. The van der Waals surface area contributed by atoms with Crippen LogP contribution in [0.5, 0.6) is 0 Å². The number of amides is 1. The lowest BCUT2D eigenvalue weighted by atomic mass is 9.80. The van der Waals surface area contributed by atoms with Crippen LogP contribution in [0.4, 0.5) is 13.2 Å². The van der Waals surface area contributed by atoms with E-state index in [0.29, 0.717) is 24.4 Å². The molecule has 1 aliphatic heterocycles. The van der Waals surface area contributed by atoms with E-state index < -0.39 is 17.3 Å². The predicted molar refractivity (Wildman–Crippen MR) is 125 cm³/mol. The second kappa shape index (κ2) is 9.67. The molecule has 2 heterocycles. The van der Waals surface area contributed by atoms with Gasteiger partial charge in [0.2, 0.25) is 5.91 Å². The molecule has 1 saturated heterocycles. The molecule has 0 atom stereocenters. The molecule has 1 aromatic heterocycles. The fourth-order valence-electron chi connectivity index (χ4n) is 4.62. The summed E-state index contributed by atoms with van der Waals surface area (Å²) in [6.07, 6.45) is 0.550. The van der Waals surface area contributed by atoms with Crippen molar-refractivity contribution in [2.24, 2.45) is 0 Å². The van der Waals surface area contributed by atoms with Crippen molar-refractivity contribution in [2.45, 2.75) is 56.5 Å². The molecule has 1 aromatic carbocycles. The van der Waals surface area contributed by atoms with Crippen molar-refractivity contribution in [3.8, 4) is 0 Å². The average Bonchev–Trinajstić information content (AvgIpc) is 3.22. The lowest BCUT2D eigenvalue weighted by Gasteiger charge is -2.48. The lowest BCUT2D eigenvalue weighted by Crippen LogP contribution is -2.63. The maximum absolute atomic E-state index is 12.9. The van der Waals surface area contributed by atoms with Gasteiger partial charge in [-0.05, 0) is 50.3 Å². The van der Waals surface area contributed by atoms with Gasteiger partial charge in [-0.1, -0.05) is 18.7 Å². The Morgan fingerprint density at radius 2 is 2.03 bits per heavy atom. The molecule has 1 aliphatic carbocycles. The van der Waals surface area contributed by atoms with Crippen LogP contribution >= 0.6 is 11.3 Å². The summed E-state index contributed by atoms with van der Waals surface area (Å²) in [5, 5.41) is 17.7. The van der Waals surface area contributed by atoms with Crippen LogP contribution in [-0.2, 0) is 16.6 Å². The molecule has 2 fully saturated rings. The van der Waals surface area contributed by atoms with Crippen molar-refractivity contribution in [1.29, 1.82) is 0 Å². The summed E-state index contributed by atoms with van der Waals surface area (Å²) >= 11 is 1.55. The van der Waals surface area contributed by atoms with Gasteiger partial charge in [0.15, 0.2) is 0 Å². The van der Waals surface area contributed by atoms with Crippen LogP contribution < -0.4 is 10.6 Å². The number of nitrogens with zero attached hydrogens (tertiary/aromatic N) is 2. The number of carbonyl (C=O) groups excluding carboxylic acids is 1. The molecule has 0 unspecified atom stereocenters. The molecule has 2 aliphatic rings. The van der Waals surface area contributed by atoms with Gasteiger partial charge in [-0.2, -0.15) is 13.2 Å². The van der Waals surface area contributed by atoms with Gasteiger partial charge in [0, 0.05) is 31.0 Å². The number of halogens is 3. The summed E-state index contributed by atoms with van der Waals surface area (Å²) in [6.45, 7) is 7.14. The molecule has 1 amide bonds. The van der Waals surface area contributed by atoms with Crippen LogP contribution in [0, 0.1) is 6.92 Å². The fourth-order valence-corrected chi connectivity index (χ4v) is 5.54. The number of benzene rings is 1. The summed E-state index contributed by atoms with van der Waals surface area (Å²) in [5.74, 6) is -0.226. The smallest absolute Gasteiger partial charge is 0.384 e. The highest BCUT2D eigenvalue weighted by Crippen LogP contribution is 2.41. The van der Waals surface area contributed by atoms with Crippen molar-refractivity contribution in [3.63, 3.8) is 0 Å². The third-order valence-corrected chi connectivity index (χ3v) is 7.76. The van der Waals surface area contributed by atoms with E-state index in [1.165, 1.54) is 12.1 Å². The second-order valence-electron chi connectivity index (χ2n) is 9.14. The van der Waals surface area contributed by atoms with Crippen LogP contribution in [0.15, 0.2) is 37.0 Å². The Labute approximate surface area is 200 Å². The summed E-state index contributed by atoms with van der Waals surface area (Å²) in [4.78, 5) is 19.8. The molecule has 0 radical (unpaired) electrons. The van der Waals surface area contributed by atoms with E-state index in [1.807, 2.05) is 6.92 Å². The van der Waals surface area contributed by atoms with Crippen molar-refractivity contribution >= 4 is 22.9 Å². The van der Waals surface area contributed by atoms with Crippen LogP contribution in [-0.4, -0.2) is 52.6 Å². The summed E-state index contributed by atoms with van der Waals surface area (Å²) in [5.41, 5.74) is -0.977. The monoisotopic (exact) mass is 494 g/mol. The first-order valence-corrected chi connectivity index (χ1v) is 12.1. The number of hydrogen-bond donors (Lipinski definition) is 3. The number of carbonyl (C=O) groups is 1. The third-order valence-electron chi connectivity index (χ3n) is 6.65.